The van der Waals surface area contributed by atoms with Gasteiger partial charge in [-0.2, -0.15) is 0 Å². The molecule has 3 aromatic rings. The molecule has 1 atom stereocenters. The van der Waals surface area contributed by atoms with E-state index in [9.17, 15) is 14.7 Å². The summed E-state index contributed by atoms with van der Waals surface area (Å²) in [7, 11) is 1.61. The summed E-state index contributed by atoms with van der Waals surface area (Å²) in [6.07, 6.45) is 0.460. The summed E-state index contributed by atoms with van der Waals surface area (Å²) < 4.78 is 5.36. The van der Waals surface area contributed by atoms with E-state index in [1.165, 1.54) is 11.3 Å². The van der Waals surface area contributed by atoms with Gasteiger partial charge in [-0.1, -0.05) is 42.5 Å². The van der Waals surface area contributed by atoms with Gasteiger partial charge in [0.15, 0.2) is 0 Å². The number of para-hydroxylation sites is 1. The molecule has 2 aromatic carbocycles. The first-order valence-electron chi connectivity index (χ1n) is 8.93. The van der Waals surface area contributed by atoms with Crippen molar-refractivity contribution in [2.24, 2.45) is 5.92 Å². The van der Waals surface area contributed by atoms with Crippen LogP contribution in [0, 0.1) is 5.92 Å². The molecule has 0 aliphatic rings. The lowest BCUT2D eigenvalue weighted by Gasteiger charge is -2.11. The molecule has 144 valence electrons. The molecule has 0 bridgehead atoms. The fraction of sp³-hybridized carbons (Fsp3) is 0.227. The van der Waals surface area contributed by atoms with Crippen molar-refractivity contribution in [3.8, 4) is 16.3 Å². The van der Waals surface area contributed by atoms with E-state index < -0.39 is 11.9 Å². The number of carbonyl (C=O) groups is 2. The van der Waals surface area contributed by atoms with Crippen LogP contribution in [-0.4, -0.2) is 29.0 Å². The van der Waals surface area contributed by atoms with Crippen LogP contribution in [-0.2, 0) is 22.4 Å². The molecule has 0 spiro atoms. The topological polar surface area (TPSA) is 76.5 Å². The first kappa shape index (κ1) is 19.8. The van der Waals surface area contributed by atoms with Crippen molar-refractivity contribution < 1.29 is 19.4 Å². The largest absolute Gasteiger partial charge is 0.496 e. The minimum absolute atomic E-state index is 0.00819. The highest BCUT2D eigenvalue weighted by Gasteiger charge is 2.22. The van der Waals surface area contributed by atoms with Crippen LogP contribution in [0.5, 0.6) is 5.75 Å². The first-order chi connectivity index (χ1) is 13.6. The normalized spacial score (nSPS) is 11.8. The summed E-state index contributed by atoms with van der Waals surface area (Å²) >= 11 is 1.44. The van der Waals surface area contributed by atoms with Crippen molar-refractivity contribution in [3.63, 3.8) is 0 Å². The molecular weight excluding hydrogens is 374 g/mol. The molecule has 6 heteroatoms. The number of hydrogen-bond donors (Lipinski definition) is 1. The number of methoxy groups -OCH3 is 1. The average molecular weight is 395 g/mol. The summed E-state index contributed by atoms with van der Waals surface area (Å²) in [5.74, 6) is -1.09. The van der Waals surface area contributed by atoms with Crippen LogP contribution >= 0.6 is 11.3 Å². The molecule has 0 radical (unpaired) electrons. The maximum absolute atomic E-state index is 12.5. The number of Topliss-reactive ketones (excluding diaryl/α,β-unsaturated/α-hetero) is 1. The monoisotopic (exact) mass is 395 g/mol. The van der Waals surface area contributed by atoms with Crippen molar-refractivity contribution in [3.05, 3.63) is 71.2 Å². The second-order valence-electron chi connectivity index (χ2n) is 6.49. The Balaban J connectivity index is 1.66. The van der Waals surface area contributed by atoms with Crippen molar-refractivity contribution in [1.82, 2.24) is 4.98 Å². The molecule has 0 fully saturated rings. The van der Waals surface area contributed by atoms with Crippen LogP contribution in [0.15, 0.2) is 60.0 Å². The molecule has 0 aliphatic heterocycles. The van der Waals surface area contributed by atoms with Crippen molar-refractivity contribution in [2.75, 3.05) is 7.11 Å². The van der Waals surface area contributed by atoms with E-state index in [1.807, 2.05) is 60.0 Å². The van der Waals surface area contributed by atoms with Crippen molar-refractivity contribution in [1.29, 1.82) is 0 Å². The number of benzene rings is 2. The second kappa shape index (κ2) is 9.28. The van der Waals surface area contributed by atoms with Crippen LogP contribution in [0.4, 0.5) is 0 Å². The Morgan fingerprint density at radius 2 is 1.82 bits per heavy atom. The molecule has 0 amide bonds. The van der Waals surface area contributed by atoms with Gasteiger partial charge >= 0.3 is 5.97 Å². The lowest BCUT2D eigenvalue weighted by Crippen LogP contribution is -2.21. The number of thiazole rings is 1. The van der Waals surface area contributed by atoms with Gasteiger partial charge < -0.3 is 9.84 Å². The van der Waals surface area contributed by atoms with Gasteiger partial charge in [-0.25, -0.2) is 4.98 Å². The molecule has 0 aliphatic carbocycles. The lowest BCUT2D eigenvalue weighted by atomic mass is 9.93. The summed E-state index contributed by atoms with van der Waals surface area (Å²) in [4.78, 5) is 28.6. The highest BCUT2D eigenvalue weighted by atomic mass is 32.1. The van der Waals surface area contributed by atoms with Crippen LogP contribution in [0.25, 0.3) is 10.6 Å². The van der Waals surface area contributed by atoms with Crippen LogP contribution in [0.3, 0.4) is 0 Å². The fourth-order valence-electron chi connectivity index (χ4n) is 3.03. The van der Waals surface area contributed by atoms with Gasteiger partial charge in [-0.3, -0.25) is 9.59 Å². The Bertz CT molecular complexity index is 952. The lowest BCUT2D eigenvalue weighted by molar-refractivity contribution is -0.143. The minimum Gasteiger partial charge on any atom is -0.496 e. The van der Waals surface area contributed by atoms with Gasteiger partial charge in [0.25, 0.3) is 0 Å². The Hall–Kier alpha value is -2.99. The third kappa shape index (κ3) is 5.04. The SMILES string of the molecule is COc1ccccc1-c1nc(CC(=O)C[C@@H](Cc2ccccc2)C(=O)O)cs1. The van der Waals surface area contributed by atoms with Crippen LogP contribution in [0.2, 0.25) is 0 Å². The quantitative estimate of drug-likeness (QED) is 0.586. The third-order valence-electron chi connectivity index (χ3n) is 4.42. The van der Waals surface area contributed by atoms with Crippen molar-refractivity contribution >= 4 is 23.1 Å². The maximum Gasteiger partial charge on any atom is 0.307 e. The molecule has 0 unspecified atom stereocenters. The van der Waals surface area contributed by atoms with Gasteiger partial charge in [0, 0.05) is 18.2 Å². The van der Waals surface area contributed by atoms with Crippen LogP contribution in [0.1, 0.15) is 17.7 Å². The Morgan fingerprint density at radius 1 is 1.11 bits per heavy atom. The van der Waals surface area contributed by atoms with Crippen LogP contribution < -0.4 is 4.74 Å². The number of ketones is 1. The summed E-state index contributed by atoms with van der Waals surface area (Å²) in [6, 6.07) is 16.9. The van der Waals surface area contributed by atoms with E-state index in [0.717, 1.165) is 21.9 Å². The Morgan fingerprint density at radius 3 is 2.54 bits per heavy atom. The maximum atomic E-state index is 12.5. The predicted octanol–water partition coefficient (Wildman–Crippen LogP) is 4.26. The summed E-state index contributed by atoms with van der Waals surface area (Å²) in [5.41, 5.74) is 2.44. The average Bonchev–Trinajstić information content (AvgIpc) is 3.16. The fourth-order valence-corrected chi connectivity index (χ4v) is 3.88. The number of aliphatic carboxylic acids is 1. The summed E-state index contributed by atoms with van der Waals surface area (Å²) in [6.45, 7) is 0. The molecule has 0 saturated carbocycles. The highest BCUT2D eigenvalue weighted by molar-refractivity contribution is 7.13. The number of aromatic nitrogens is 1. The number of hydrogen-bond acceptors (Lipinski definition) is 5. The zero-order valence-corrected chi connectivity index (χ0v) is 16.3. The molecule has 3 rings (SSSR count). The molecule has 28 heavy (non-hydrogen) atoms. The van der Waals surface area contributed by atoms with E-state index in [0.29, 0.717) is 12.1 Å². The van der Waals surface area contributed by atoms with Gasteiger partial charge in [-0.15, -0.1) is 11.3 Å². The summed E-state index contributed by atoms with van der Waals surface area (Å²) in [5, 5.41) is 12.1. The zero-order chi connectivity index (χ0) is 19.9. The Kier molecular flexibility index (Phi) is 6.55. The molecule has 1 heterocycles. The molecule has 1 aromatic heterocycles. The van der Waals surface area contributed by atoms with E-state index in [1.54, 1.807) is 7.11 Å². The number of nitrogens with zero attached hydrogens (tertiary/aromatic N) is 1. The Labute approximate surface area is 167 Å². The van der Waals surface area contributed by atoms with E-state index in [2.05, 4.69) is 4.98 Å². The van der Waals surface area contributed by atoms with Gasteiger partial charge in [0.1, 0.15) is 16.5 Å². The van der Waals surface area contributed by atoms with Gasteiger partial charge in [-0.05, 0) is 24.1 Å². The van der Waals surface area contributed by atoms with Gasteiger partial charge in [0.2, 0.25) is 0 Å². The molecular formula is C22H21NO4S. The van der Waals surface area contributed by atoms with Crippen molar-refractivity contribution in [2.45, 2.75) is 19.3 Å². The number of ether oxygens (including phenoxy) is 1. The zero-order valence-electron chi connectivity index (χ0n) is 15.5. The second-order valence-corrected chi connectivity index (χ2v) is 7.35. The molecule has 0 saturated heterocycles. The van der Waals surface area contributed by atoms with E-state index in [4.69, 9.17) is 4.74 Å². The van der Waals surface area contributed by atoms with E-state index in [-0.39, 0.29) is 18.6 Å². The number of carboxylic acids is 1. The van der Waals surface area contributed by atoms with E-state index >= 15 is 0 Å². The minimum atomic E-state index is -0.954. The first-order valence-corrected chi connectivity index (χ1v) is 9.81. The smallest absolute Gasteiger partial charge is 0.307 e. The molecule has 1 N–H and O–H groups in total. The molecule has 5 nitrogen and oxygen atoms in total. The number of carbonyl (C=O) groups excluding carboxylic acids is 1. The number of rotatable bonds is 9. The highest BCUT2D eigenvalue weighted by Crippen LogP contribution is 2.32. The van der Waals surface area contributed by atoms with Gasteiger partial charge in [0.05, 0.1) is 24.3 Å². The standard InChI is InChI=1S/C22H21NO4S/c1-27-20-10-6-5-9-19(20)21-23-17(14-28-21)13-18(24)12-16(22(25)26)11-15-7-3-2-4-8-15/h2-10,14,16H,11-13H2,1H3,(H,25,26)/t16-/m1/s1. The predicted molar refractivity (Wildman–Crippen MR) is 109 cm³/mol. The third-order valence-corrected chi connectivity index (χ3v) is 5.34. The number of carboxylic acid groups (broad SMARTS) is 1.